The van der Waals surface area contributed by atoms with E-state index in [0.717, 1.165) is 9.13 Å². The van der Waals surface area contributed by atoms with Gasteiger partial charge in [-0.05, 0) is 52.4 Å². The van der Waals surface area contributed by atoms with E-state index in [9.17, 15) is 10.1 Å². The molecule has 0 N–H and O–H groups in total. The minimum Gasteiger partial charge on any atom is -0.401 e. The molecule has 0 aliphatic rings. The molecule has 1 aromatic carbocycles. The largest absolute Gasteiger partial charge is 0.433 e. The number of hydrogen-bond donors (Lipinski definition) is 0. The van der Waals surface area contributed by atoms with Gasteiger partial charge in [-0.3, -0.25) is 10.1 Å². The molecule has 0 spiro atoms. The van der Waals surface area contributed by atoms with E-state index in [-0.39, 0.29) is 11.6 Å². The topological polar surface area (TPSA) is 80.1 Å². The highest BCUT2D eigenvalue weighted by Crippen LogP contribution is 2.22. The van der Waals surface area contributed by atoms with E-state index in [4.69, 9.17) is 9.68 Å². The number of rotatable bonds is 3. The maximum absolute atomic E-state index is 10.5. The van der Waals surface area contributed by atoms with Crippen LogP contribution in [0.5, 0.6) is 0 Å². The Morgan fingerprint density at radius 3 is 2.53 bits per heavy atom. The number of allylic oxidation sites excluding steroid dienone is 1. The number of nitro groups is 1. The lowest BCUT2D eigenvalue weighted by Gasteiger charge is -1.98. The highest BCUT2D eigenvalue weighted by molar-refractivity contribution is 14.1. The molecule has 0 bridgehead atoms. The Balaban J connectivity index is 2.35. The van der Waals surface area contributed by atoms with E-state index in [1.807, 2.05) is 24.3 Å². The van der Waals surface area contributed by atoms with Gasteiger partial charge in [-0.25, -0.2) is 0 Å². The van der Waals surface area contributed by atoms with Crippen LogP contribution in [0.1, 0.15) is 11.3 Å². The molecule has 0 saturated carbocycles. The number of furan rings is 1. The maximum atomic E-state index is 10.5. The zero-order valence-electron chi connectivity index (χ0n) is 9.54. The second-order valence-electron chi connectivity index (χ2n) is 3.61. The maximum Gasteiger partial charge on any atom is 0.433 e. The highest BCUT2D eigenvalue weighted by atomic mass is 127. The number of halogens is 1. The Morgan fingerprint density at radius 1 is 1.32 bits per heavy atom. The van der Waals surface area contributed by atoms with Crippen LogP contribution in [0, 0.1) is 25.0 Å². The van der Waals surface area contributed by atoms with Gasteiger partial charge in [0.1, 0.15) is 10.7 Å². The van der Waals surface area contributed by atoms with E-state index in [1.165, 1.54) is 18.2 Å². The van der Waals surface area contributed by atoms with Crippen molar-refractivity contribution in [2.45, 2.75) is 0 Å². The first-order valence-electron chi connectivity index (χ1n) is 5.22. The van der Waals surface area contributed by atoms with Gasteiger partial charge in [-0.1, -0.05) is 12.1 Å². The van der Waals surface area contributed by atoms with Gasteiger partial charge in [0.2, 0.25) is 0 Å². The van der Waals surface area contributed by atoms with Crippen LogP contribution in [0.2, 0.25) is 0 Å². The minimum absolute atomic E-state index is 0.279. The van der Waals surface area contributed by atoms with Gasteiger partial charge in [0.05, 0.1) is 17.7 Å². The van der Waals surface area contributed by atoms with Gasteiger partial charge in [0.15, 0.2) is 0 Å². The monoisotopic (exact) mass is 366 g/mol. The van der Waals surface area contributed by atoms with Crippen LogP contribution in [0.25, 0.3) is 11.6 Å². The van der Waals surface area contributed by atoms with Gasteiger partial charge in [-0.2, -0.15) is 5.26 Å². The molecule has 19 heavy (non-hydrogen) atoms. The summed E-state index contributed by atoms with van der Waals surface area (Å²) in [5.41, 5.74) is 1.13. The fraction of sp³-hybridized carbons (Fsp3) is 0. The fourth-order valence-electron chi connectivity index (χ4n) is 1.47. The smallest absolute Gasteiger partial charge is 0.401 e. The normalized spacial score (nSPS) is 11.1. The summed E-state index contributed by atoms with van der Waals surface area (Å²) in [5, 5.41) is 19.6. The lowest BCUT2D eigenvalue weighted by atomic mass is 10.1. The molecular weight excluding hydrogens is 359 g/mol. The predicted molar refractivity (Wildman–Crippen MR) is 78.0 cm³/mol. The van der Waals surface area contributed by atoms with Gasteiger partial charge >= 0.3 is 5.88 Å². The van der Waals surface area contributed by atoms with Crippen LogP contribution in [0.4, 0.5) is 5.88 Å². The molecule has 1 heterocycles. The Bertz CT molecular complexity index is 681. The molecule has 6 heteroatoms. The zero-order chi connectivity index (χ0) is 13.8. The van der Waals surface area contributed by atoms with Crippen molar-refractivity contribution in [1.29, 1.82) is 5.26 Å². The number of nitriles is 1. The molecule has 0 atom stereocenters. The molecule has 2 rings (SSSR count). The quantitative estimate of drug-likeness (QED) is 0.358. The predicted octanol–water partition coefficient (Wildman–Crippen LogP) is 3.86. The summed E-state index contributed by atoms with van der Waals surface area (Å²) in [7, 11) is 0. The van der Waals surface area contributed by atoms with Gasteiger partial charge in [0, 0.05) is 3.57 Å². The molecular formula is C13H7IN2O3. The molecule has 0 radical (unpaired) electrons. The molecule has 1 aromatic heterocycles. The van der Waals surface area contributed by atoms with Crippen molar-refractivity contribution in [1.82, 2.24) is 0 Å². The molecule has 2 aromatic rings. The first-order valence-corrected chi connectivity index (χ1v) is 6.30. The highest BCUT2D eigenvalue weighted by Gasteiger charge is 2.11. The summed E-state index contributed by atoms with van der Waals surface area (Å²) < 4.78 is 6.06. The number of nitrogens with zero attached hydrogens (tertiary/aromatic N) is 2. The van der Waals surface area contributed by atoms with Gasteiger partial charge in [-0.15, -0.1) is 0 Å². The van der Waals surface area contributed by atoms with Crippen molar-refractivity contribution < 1.29 is 9.34 Å². The number of benzene rings is 1. The first-order chi connectivity index (χ1) is 9.10. The Morgan fingerprint density at radius 2 is 2.00 bits per heavy atom. The van der Waals surface area contributed by atoms with Crippen LogP contribution >= 0.6 is 22.6 Å². The van der Waals surface area contributed by atoms with E-state index in [0.29, 0.717) is 5.57 Å². The molecule has 0 amide bonds. The third kappa shape index (κ3) is 3.20. The average molecular weight is 366 g/mol. The van der Waals surface area contributed by atoms with Crippen molar-refractivity contribution >= 4 is 40.1 Å². The molecule has 0 saturated heterocycles. The van der Waals surface area contributed by atoms with E-state index >= 15 is 0 Å². The van der Waals surface area contributed by atoms with Crippen molar-refractivity contribution in [3.8, 4) is 6.07 Å². The average Bonchev–Trinajstić information content (AvgIpc) is 2.86. The Kier molecular flexibility index (Phi) is 3.97. The Labute approximate surface area is 122 Å². The Hall–Kier alpha value is -2.14. The second kappa shape index (κ2) is 5.67. The van der Waals surface area contributed by atoms with Crippen LogP contribution in [-0.4, -0.2) is 4.92 Å². The van der Waals surface area contributed by atoms with Gasteiger partial charge in [0.25, 0.3) is 0 Å². The molecule has 0 aliphatic heterocycles. The summed E-state index contributed by atoms with van der Waals surface area (Å²) in [5.74, 6) is -0.0621. The lowest BCUT2D eigenvalue weighted by molar-refractivity contribution is -0.402. The fourth-order valence-corrected chi connectivity index (χ4v) is 1.83. The summed E-state index contributed by atoms with van der Waals surface area (Å²) in [6, 6.07) is 12.2. The van der Waals surface area contributed by atoms with Crippen LogP contribution < -0.4 is 0 Å². The van der Waals surface area contributed by atoms with Crippen LogP contribution in [-0.2, 0) is 0 Å². The molecule has 5 nitrogen and oxygen atoms in total. The van der Waals surface area contributed by atoms with Crippen molar-refractivity contribution in [2.75, 3.05) is 0 Å². The standard InChI is InChI=1S/C13H7IN2O3/c14-11-3-1-9(2-4-11)10(8-15)7-12-5-6-13(19-12)16(17)18/h1-7H/b10-7-. The SMILES string of the molecule is N#C/C(=C/c1ccc([N+](=O)[O-])o1)c1ccc(I)cc1. The first kappa shape index (κ1) is 13.3. The van der Waals surface area contributed by atoms with Crippen LogP contribution in [0.3, 0.4) is 0 Å². The molecule has 94 valence electrons. The second-order valence-corrected chi connectivity index (χ2v) is 4.86. The van der Waals surface area contributed by atoms with Crippen LogP contribution in [0.15, 0.2) is 40.8 Å². The van der Waals surface area contributed by atoms with Crippen molar-refractivity contribution in [3.63, 3.8) is 0 Å². The lowest BCUT2D eigenvalue weighted by Crippen LogP contribution is -1.83. The summed E-state index contributed by atoms with van der Waals surface area (Å²) >= 11 is 2.17. The number of hydrogen-bond acceptors (Lipinski definition) is 4. The molecule has 0 aliphatic carbocycles. The summed E-state index contributed by atoms with van der Waals surface area (Å²) in [4.78, 5) is 9.89. The van der Waals surface area contributed by atoms with Crippen molar-refractivity contribution in [2.24, 2.45) is 0 Å². The molecule has 0 unspecified atom stereocenters. The van der Waals surface area contributed by atoms with Crippen molar-refractivity contribution in [3.05, 3.63) is 61.4 Å². The van der Waals surface area contributed by atoms with E-state index in [1.54, 1.807) is 0 Å². The summed E-state index contributed by atoms with van der Waals surface area (Å²) in [6.07, 6.45) is 1.48. The zero-order valence-corrected chi connectivity index (χ0v) is 11.7. The van der Waals surface area contributed by atoms with Gasteiger partial charge < -0.3 is 4.42 Å². The minimum atomic E-state index is -0.617. The summed E-state index contributed by atoms with van der Waals surface area (Å²) in [6.45, 7) is 0. The van der Waals surface area contributed by atoms with E-state index in [2.05, 4.69) is 28.7 Å². The molecule has 0 fully saturated rings. The third-order valence-corrected chi connectivity index (χ3v) is 3.07. The third-order valence-electron chi connectivity index (χ3n) is 2.35. The van der Waals surface area contributed by atoms with E-state index < -0.39 is 4.92 Å².